The Hall–Kier alpha value is -3.11. The number of hydrogen-bond acceptors (Lipinski definition) is 10. The molecule has 1 heterocycles. The van der Waals surface area contributed by atoms with Gasteiger partial charge < -0.3 is 24.7 Å². The summed E-state index contributed by atoms with van der Waals surface area (Å²) < 4.78 is 18.6. The number of aromatic nitrogens is 2. The number of nitrogens with one attached hydrogen (secondary N) is 1. The van der Waals surface area contributed by atoms with Gasteiger partial charge in [0.15, 0.2) is 5.92 Å². The number of anilines is 1. The smallest absolute Gasteiger partial charge is 0.320 e. The number of nitrogens with zero attached hydrogens (tertiary/aromatic N) is 1. The fourth-order valence-electron chi connectivity index (χ4n) is 2.00. The summed E-state index contributed by atoms with van der Waals surface area (Å²) in [5.74, 6) is -2.13. The van der Waals surface area contributed by atoms with Crippen molar-refractivity contribution < 1.29 is 38.1 Å². The zero-order valence-corrected chi connectivity index (χ0v) is 19.9. The maximum atomic E-state index is 11.3. The molecule has 0 fully saturated rings. The van der Waals surface area contributed by atoms with Crippen molar-refractivity contribution in [1.82, 2.24) is 10.2 Å². The molecule has 1 aromatic rings. The molecule has 11 heteroatoms. The average Bonchev–Trinajstić information content (AvgIpc) is 3.10. The molecule has 0 amide bonds. The normalized spacial score (nSPS) is 9.47. The first-order valence-electron chi connectivity index (χ1n) is 10.6. The van der Waals surface area contributed by atoms with E-state index in [1.807, 2.05) is 13.8 Å². The molecule has 3 N–H and O–H groups in total. The topological polar surface area (TPSA) is 160 Å². The molecule has 0 bridgehead atoms. The molecule has 0 saturated carbocycles. The number of nitrogens with two attached hydrogens (primary N) is 1. The van der Waals surface area contributed by atoms with Gasteiger partial charge in [-0.15, -0.1) is 0 Å². The number of aromatic amines is 1. The molecule has 0 aliphatic rings. The van der Waals surface area contributed by atoms with Crippen LogP contribution in [0.4, 0.5) is 5.82 Å². The first-order valence-corrected chi connectivity index (χ1v) is 10.6. The van der Waals surface area contributed by atoms with E-state index in [-0.39, 0.29) is 19.6 Å². The number of H-pyrrole nitrogens is 1. The van der Waals surface area contributed by atoms with Gasteiger partial charge in [0.05, 0.1) is 32.6 Å². The fourth-order valence-corrected chi connectivity index (χ4v) is 2.00. The summed E-state index contributed by atoms with van der Waals surface area (Å²) in [6, 6.07) is 0. The van der Waals surface area contributed by atoms with Crippen LogP contribution in [0.25, 0.3) is 0 Å². The van der Waals surface area contributed by atoms with Crippen LogP contribution in [0.3, 0.4) is 0 Å². The zero-order valence-electron chi connectivity index (χ0n) is 19.9. The second-order valence-corrected chi connectivity index (χ2v) is 6.10. The molecule has 184 valence electrons. The Kier molecular flexibility index (Phi) is 19.3. The van der Waals surface area contributed by atoms with Gasteiger partial charge in [-0.05, 0) is 41.0 Å². The Bertz CT molecular complexity index is 625. The van der Waals surface area contributed by atoms with Crippen LogP contribution in [-0.2, 0) is 38.1 Å². The predicted molar refractivity (Wildman–Crippen MR) is 117 cm³/mol. The molecule has 32 heavy (non-hydrogen) atoms. The van der Waals surface area contributed by atoms with E-state index < -0.39 is 29.8 Å². The van der Waals surface area contributed by atoms with Crippen molar-refractivity contribution >= 4 is 29.7 Å². The van der Waals surface area contributed by atoms with Gasteiger partial charge in [-0.2, -0.15) is 5.10 Å². The maximum Gasteiger partial charge on any atom is 0.320 e. The van der Waals surface area contributed by atoms with E-state index in [1.54, 1.807) is 33.9 Å². The molecule has 0 aliphatic carbocycles. The van der Waals surface area contributed by atoms with E-state index in [1.165, 1.54) is 0 Å². The highest BCUT2D eigenvalue weighted by Gasteiger charge is 2.28. The molecule has 0 aliphatic heterocycles. The van der Waals surface area contributed by atoms with Crippen molar-refractivity contribution in [1.29, 1.82) is 0 Å². The van der Waals surface area contributed by atoms with E-state index in [0.29, 0.717) is 25.5 Å². The van der Waals surface area contributed by atoms with Crippen LogP contribution in [0.5, 0.6) is 0 Å². The number of carbonyl (C=O) groups excluding carboxylic acids is 4. The van der Waals surface area contributed by atoms with E-state index >= 15 is 0 Å². The molecule has 1 aromatic heterocycles. The minimum absolute atomic E-state index is 0.290. The third-order valence-corrected chi connectivity index (χ3v) is 3.49. The standard InChI is InChI=1S/C10H18O4.C7H12O4.C4H7N3/c1-4-7-8(9(11)13-5-2)10(12)14-6-3;1-3-10-6(8)5-7(9)11-4-2;1-3-2-6-7-4(3)5/h8H,4-7H2,1-3H3;3-5H2,1-2H3;2H,1H3,(H3,5,6,7). The summed E-state index contributed by atoms with van der Waals surface area (Å²) in [6.07, 6.45) is 2.64. The predicted octanol–water partition coefficient (Wildman–Crippen LogP) is 2.33. The Balaban J connectivity index is 0. The van der Waals surface area contributed by atoms with Gasteiger partial charge in [-0.25, -0.2) is 0 Å². The molecule has 1 rings (SSSR count). The highest BCUT2D eigenvalue weighted by atomic mass is 16.6. The highest BCUT2D eigenvalue weighted by molar-refractivity contribution is 5.94. The lowest BCUT2D eigenvalue weighted by molar-refractivity contribution is -0.162. The number of nitrogen functional groups attached to an aromatic ring is 1. The van der Waals surface area contributed by atoms with Gasteiger partial charge >= 0.3 is 23.9 Å². The lowest BCUT2D eigenvalue weighted by atomic mass is 10.0. The van der Waals surface area contributed by atoms with Crippen LogP contribution < -0.4 is 5.73 Å². The second kappa shape index (κ2) is 19.8. The van der Waals surface area contributed by atoms with E-state index in [4.69, 9.17) is 15.2 Å². The molecule has 0 spiro atoms. The third kappa shape index (κ3) is 15.7. The molecular weight excluding hydrogens is 422 g/mol. The van der Waals surface area contributed by atoms with Gasteiger partial charge in [0.2, 0.25) is 0 Å². The van der Waals surface area contributed by atoms with Crippen LogP contribution in [0.1, 0.15) is 59.4 Å². The highest BCUT2D eigenvalue weighted by Crippen LogP contribution is 2.11. The van der Waals surface area contributed by atoms with Crippen LogP contribution >= 0.6 is 0 Å². The summed E-state index contributed by atoms with van der Waals surface area (Å²) >= 11 is 0. The molecule has 0 unspecified atom stereocenters. The van der Waals surface area contributed by atoms with Crippen molar-refractivity contribution in [2.24, 2.45) is 5.92 Å². The maximum absolute atomic E-state index is 11.3. The molecule has 0 aromatic carbocycles. The van der Waals surface area contributed by atoms with Gasteiger partial charge in [-0.3, -0.25) is 24.3 Å². The molecular formula is C21H37N3O8. The fraction of sp³-hybridized carbons (Fsp3) is 0.667. The molecule has 11 nitrogen and oxygen atoms in total. The van der Waals surface area contributed by atoms with Crippen LogP contribution in [0.15, 0.2) is 6.20 Å². The molecule has 0 radical (unpaired) electrons. The summed E-state index contributed by atoms with van der Waals surface area (Å²) in [7, 11) is 0. The monoisotopic (exact) mass is 459 g/mol. The zero-order chi connectivity index (χ0) is 24.9. The average molecular weight is 460 g/mol. The van der Waals surface area contributed by atoms with Crippen LogP contribution in [0, 0.1) is 12.8 Å². The number of rotatable bonds is 10. The minimum Gasteiger partial charge on any atom is -0.466 e. The van der Waals surface area contributed by atoms with Crippen molar-refractivity contribution in [3.63, 3.8) is 0 Å². The first-order chi connectivity index (χ1) is 15.2. The lowest BCUT2D eigenvalue weighted by Crippen LogP contribution is -2.27. The van der Waals surface area contributed by atoms with Crippen molar-refractivity contribution in [2.75, 3.05) is 32.2 Å². The quantitative estimate of drug-likeness (QED) is 0.302. The Labute approximate surface area is 189 Å². The van der Waals surface area contributed by atoms with Crippen molar-refractivity contribution in [2.45, 2.75) is 60.8 Å². The van der Waals surface area contributed by atoms with Gasteiger partial charge in [0.1, 0.15) is 12.2 Å². The number of esters is 4. The Morgan fingerprint density at radius 1 is 0.875 bits per heavy atom. The largest absolute Gasteiger partial charge is 0.466 e. The Morgan fingerprint density at radius 2 is 1.31 bits per heavy atom. The summed E-state index contributed by atoms with van der Waals surface area (Å²) in [4.78, 5) is 43.9. The van der Waals surface area contributed by atoms with E-state index in [9.17, 15) is 19.2 Å². The SMILES string of the molecule is CCCC(C(=O)OCC)C(=O)OCC.CCOC(=O)CC(=O)OCC.Cc1cn[nH]c1N. The summed E-state index contributed by atoms with van der Waals surface area (Å²) in [6.45, 7) is 11.8. The molecule has 0 atom stereocenters. The number of ether oxygens (including phenoxy) is 4. The second-order valence-electron chi connectivity index (χ2n) is 6.10. The number of aryl methyl sites for hydroxylation is 1. The minimum atomic E-state index is -0.750. The van der Waals surface area contributed by atoms with Crippen LogP contribution in [0.2, 0.25) is 0 Å². The van der Waals surface area contributed by atoms with Crippen molar-refractivity contribution in [3.8, 4) is 0 Å². The summed E-state index contributed by atoms with van der Waals surface area (Å²) in [5, 5.41) is 6.27. The Morgan fingerprint density at radius 3 is 1.56 bits per heavy atom. The number of hydrogen-bond donors (Lipinski definition) is 2. The van der Waals surface area contributed by atoms with Gasteiger partial charge in [0.25, 0.3) is 0 Å². The lowest BCUT2D eigenvalue weighted by Gasteiger charge is -2.12. The van der Waals surface area contributed by atoms with E-state index in [0.717, 1.165) is 12.0 Å². The summed E-state index contributed by atoms with van der Waals surface area (Å²) in [5.41, 5.74) is 6.32. The van der Waals surface area contributed by atoms with E-state index in [2.05, 4.69) is 19.7 Å². The van der Waals surface area contributed by atoms with Gasteiger partial charge in [0, 0.05) is 5.56 Å². The molecule has 0 saturated heterocycles. The van der Waals surface area contributed by atoms with Crippen molar-refractivity contribution in [3.05, 3.63) is 11.8 Å². The van der Waals surface area contributed by atoms with Gasteiger partial charge in [-0.1, -0.05) is 13.3 Å². The third-order valence-electron chi connectivity index (χ3n) is 3.49. The van der Waals surface area contributed by atoms with Crippen LogP contribution in [-0.4, -0.2) is 60.5 Å². The first kappa shape index (κ1) is 31.1. The number of carbonyl (C=O) groups is 4.